The molecular formula is C30H39N3O6S2. The number of carboxylic acids is 1. The zero-order valence-electron chi connectivity index (χ0n) is 23.5. The smallest absolute Gasteiger partial charge is 0.326 e. The van der Waals surface area contributed by atoms with Gasteiger partial charge in [0, 0.05) is 5.75 Å². The highest BCUT2D eigenvalue weighted by atomic mass is 33.1. The zero-order chi connectivity index (χ0) is 29.5. The van der Waals surface area contributed by atoms with Gasteiger partial charge in [-0.05, 0) is 62.5 Å². The van der Waals surface area contributed by atoms with Crippen molar-refractivity contribution in [3.63, 3.8) is 0 Å². The Hall–Kier alpha value is -2.76. The summed E-state index contributed by atoms with van der Waals surface area (Å²) in [5.41, 5.74) is 9.06. The Morgan fingerprint density at radius 2 is 1.98 bits per heavy atom. The fraction of sp³-hybridized carbons (Fsp3) is 0.533. The second-order valence-corrected chi connectivity index (χ2v) is 13.4. The van der Waals surface area contributed by atoms with Crippen LogP contribution in [0.4, 0.5) is 0 Å². The lowest BCUT2D eigenvalue weighted by atomic mass is 9.81. The molecule has 0 aromatic heterocycles. The first-order valence-electron chi connectivity index (χ1n) is 14.2. The van der Waals surface area contributed by atoms with E-state index in [4.69, 9.17) is 10.5 Å². The van der Waals surface area contributed by atoms with Crippen molar-refractivity contribution in [3.05, 3.63) is 59.2 Å². The van der Waals surface area contributed by atoms with E-state index in [0.29, 0.717) is 25.7 Å². The summed E-state index contributed by atoms with van der Waals surface area (Å²) in [6.45, 7) is 4.08. The van der Waals surface area contributed by atoms with Crippen LogP contribution < -0.4 is 11.1 Å². The highest BCUT2D eigenvalue weighted by Crippen LogP contribution is 2.40. The first kappa shape index (κ1) is 31.2. The van der Waals surface area contributed by atoms with Crippen LogP contribution in [0.15, 0.2) is 53.6 Å². The summed E-state index contributed by atoms with van der Waals surface area (Å²) in [7, 11) is 2.63. The van der Waals surface area contributed by atoms with Gasteiger partial charge in [0.05, 0.1) is 17.9 Å². The Morgan fingerprint density at radius 3 is 2.68 bits per heavy atom. The monoisotopic (exact) mass is 601 g/mol. The number of allylic oxidation sites excluding steroid dienone is 1. The molecule has 1 aliphatic carbocycles. The molecule has 0 radical (unpaired) electrons. The van der Waals surface area contributed by atoms with Crippen molar-refractivity contribution in [3.8, 4) is 0 Å². The normalized spacial score (nSPS) is 25.4. The molecule has 4 rings (SSSR count). The summed E-state index contributed by atoms with van der Waals surface area (Å²) in [6, 6.07) is 6.69. The van der Waals surface area contributed by atoms with Gasteiger partial charge in [0.1, 0.15) is 18.1 Å². The van der Waals surface area contributed by atoms with E-state index >= 15 is 0 Å². The van der Waals surface area contributed by atoms with Gasteiger partial charge in [-0.2, -0.15) is 0 Å². The van der Waals surface area contributed by atoms with Gasteiger partial charge in [-0.1, -0.05) is 76.6 Å². The molecule has 2 heterocycles. The van der Waals surface area contributed by atoms with Crippen molar-refractivity contribution < 1.29 is 29.0 Å². The highest BCUT2D eigenvalue weighted by molar-refractivity contribution is 8.77. The zero-order valence-corrected chi connectivity index (χ0v) is 25.1. The molecule has 9 nitrogen and oxygen atoms in total. The standard InChI is InChI=1S/C30H39N3O6S2/c1-3-39-30(38)22(31)17-40-41-26(15-19-10-5-4-6-11-19)27(34)32-23-16-21-18(2)9-7-12-20(21)24-13-8-14-25(29(36)37)33(24)28(23)35/h4-7,10-12,18,22-26H,3,8-9,13-17,31H2,1-2H3,(H,32,34)(H,36,37)/t18?,22-,23-,24?,25-,26?/m0/s1. The minimum Gasteiger partial charge on any atom is -0.480 e. The van der Waals surface area contributed by atoms with Gasteiger partial charge in [0.25, 0.3) is 0 Å². The second kappa shape index (κ2) is 14.4. The third-order valence-electron chi connectivity index (χ3n) is 7.89. The van der Waals surface area contributed by atoms with Crippen molar-refractivity contribution in [2.75, 3.05) is 12.4 Å². The second-order valence-electron chi connectivity index (χ2n) is 10.7. The summed E-state index contributed by atoms with van der Waals surface area (Å²) >= 11 is 0. The van der Waals surface area contributed by atoms with Crippen LogP contribution in [-0.2, 0) is 30.3 Å². The number of hydrogen-bond acceptors (Lipinski definition) is 8. The van der Waals surface area contributed by atoms with Crippen LogP contribution in [0.1, 0.15) is 51.5 Å². The van der Waals surface area contributed by atoms with Crippen LogP contribution in [0.5, 0.6) is 0 Å². The molecule has 0 bridgehead atoms. The van der Waals surface area contributed by atoms with Crippen molar-refractivity contribution >= 4 is 45.3 Å². The van der Waals surface area contributed by atoms with Crippen LogP contribution in [0, 0.1) is 5.92 Å². The van der Waals surface area contributed by atoms with Crippen LogP contribution in [0.2, 0.25) is 0 Å². The Balaban J connectivity index is 1.56. The topological polar surface area (TPSA) is 139 Å². The van der Waals surface area contributed by atoms with Gasteiger partial charge in [-0.15, -0.1) is 0 Å². The summed E-state index contributed by atoms with van der Waals surface area (Å²) in [5, 5.41) is 12.5. The van der Waals surface area contributed by atoms with Crippen molar-refractivity contribution in [2.45, 2.75) is 81.8 Å². The third-order valence-corrected chi connectivity index (χ3v) is 10.7. The number of rotatable bonds is 11. The molecular weight excluding hydrogens is 562 g/mol. The number of carbonyl (C=O) groups is 4. The molecule has 1 fully saturated rings. The number of nitrogens with one attached hydrogen (secondary N) is 1. The van der Waals surface area contributed by atoms with Crippen LogP contribution in [-0.4, -0.2) is 75.5 Å². The van der Waals surface area contributed by atoms with Crippen LogP contribution >= 0.6 is 21.6 Å². The maximum Gasteiger partial charge on any atom is 0.326 e. The third kappa shape index (κ3) is 7.55. The van der Waals surface area contributed by atoms with E-state index in [9.17, 15) is 24.3 Å². The Bertz CT molecular complexity index is 1190. The van der Waals surface area contributed by atoms with Gasteiger partial charge in [-0.25, -0.2) is 4.79 Å². The molecule has 1 aromatic rings. The van der Waals surface area contributed by atoms with E-state index in [1.807, 2.05) is 36.4 Å². The van der Waals surface area contributed by atoms with E-state index in [-0.39, 0.29) is 36.1 Å². The lowest BCUT2D eigenvalue weighted by molar-refractivity contribution is -0.155. The number of nitrogens with two attached hydrogens (primary N) is 1. The SMILES string of the molecule is CCOC(=O)[C@@H](N)CSSC(Cc1ccccc1)C(=O)N[C@H]1CC2=C(C=CCC2C)C2CCC[C@@H](C(=O)O)N2C1=O. The number of carboxylic acid groups (broad SMARTS) is 1. The van der Waals surface area contributed by atoms with Gasteiger partial charge in [0.2, 0.25) is 11.8 Å². The van der Waals surface area contributed by atoms with Gasteiger partial charge < -0.3 is 25.8 Å². The van der Waals surface area contributed by atoms with Gasteiger partial charge in [-0.3, -0.25) is 14.4 Å². The van der Waals surface area contributed by atoms with Gasteiger partial charge >= 0.3 is 11.9 Å². The van der Waals surface area contributed by atoms with E-state index in [0.717, 1.165) is 29.6 Å². The minimum absolute atomic E-state index is 0.196. The number of esters is 1. The largest absolute Gasteiger partial charge is 0.480 e. The predicted molar refractivity (Wildman–Crippen MR) is 161 cm³/mol. The fourth-order valence-electron chi connectivity index (χ4n) is 5.81. The Morgan fingerprint density at radius 1 is 1.22 bits per heavy atom. The number of hydrogen-bond donors (Lipinski definition) is 3. The number of piperidine rings is 1. The maximum atomic E-state index is 14.0. The van der Waals surface area contributed by atoms with Crippen LogP contribution in [0.3, 0.4) is 0 Å². The van der Waals surface area contributed by atoms with Crippen molar-refractivity contribution in [1.29, 1.82) is 0 Å². The lowest BCUT2D eigenvalue weighted by Gasteiger charge is -2.41. The molecule has 0 saturated carbocycles. The molecule has 41 heavy (non-hydrogen) atoms. The first-order valence-corrected chi connectivity index (χ1v) is 16.6. The summed E-state index contributed by atoms with van der Waals surface area (Å²) in [5.74, 6) is -1.69. The molecule has 4 N–H and O–H groups in total. The van der Waals surface area contributed by atoms with E-state index in [1.165, 1.54) is 26.5 Å². The number of amides is 2. The Labute approximate surface area is 249 Å². The lowest BCUT2D eigenvalue weighted by Crippen LogP contribution is -2.58. The number of fused-ring (bicyclic) bond motifs is 2. The first-order chi connectivity index (χ1) is 19.7. The van der Waals surface area contributed by atoms with Crippen molar-refractivity contribution in [1.82, 2.24) is 10.2 Å². The van der Waals surface area contributed by atoms with E-state index in [1.54, 1.807) is 6.92 Å². The molecule has 11 heteroatoms. The number of aliphatic carboxylic acids is 1. The molecule has 3 unspecified atom stereocenters. The molecule has 6 atom stereocenters. The van der Waals surface area contributed by atoms with Gasteiger partial charge in [0.15, 0.2) is 0 Å². The number of benzene rings is 1. The number of carbonyl (C=O) groups excluding carboxylic acids is 3. The molecule has 222 valence electrons. The van der Waals surface area contributed by atoms with Crippen LogP contribution in [0.25, 0.3) is 0 Å². The number of ether oxygens (including phenoxy) is 1. The average molecular weight is 602 g/mol. The van der Waals surface area contributed by atoms with E-state index in [2.05, 4.69) is 18.3 Å². The maximum absolute atomic E-state index is 14.0. The molecule has 2 aliphatic heterocycles. The number of nitrogens with zero attached hydrogens (tertiary/aromatic N) is 1. The summed E-state index contributed by atoms with van der Waals surface area (Å²) < 4.78 is 4.99. The molecule has 3 aliphatic rings. The quantitative estimate of drug-likeness (QED) is 0.257. The minimum atomic E-state index is -1.02. The molecule has 0 spiro atoms. The molecule has 1 saturated heterocycles. The highest BCUT2D eigenvalue weighted by Gasteiger charge is 2.46. The average Bonchev–Trinajstić information content (AvgIpc) is 3.08. The van der Waals surface area contributed by atoms with E-state index < -0.39 is 35.3 Å². The summed E-state index contributed by atoms with van der Waals surface area (Å²) in [4.78, 5) is 53.6. The fourth-order valence-corrected chi connectivity index (χ4v) is 8.38. The predicted octanol–water partition coefficient (Wildman–Crippen LogP) is 3.48. The molecule has 1 aromatic carbocycles. The molecule has 2 amide bonds. The Kier molecular flexibility index (Phi) is 11.0. The van der Waals surface area contributed by atoms with Crippen molar-refractivity contribution in [2.24, 2.45) is 11.7 Å². The summed E-state index contributed by atoms with van der Waals surface area (Å²) in [6.07, 6.45) is 7.58.